The maximum atomic E-state index is 13.3. The van der Waals surface area contributed by atoms with Gasteiger partial charge in [-0.25, -0.2) is 4.79 Å². The SMILES string of the molecule is CCOC(=O)C1=c2sc(=Cc3ccccc3)c(=O)n2C(N)=C(C(N)=O)C1c1ccccc1. The Morgan fingerprint density at radius 1 is 1.06 bits per heavy atom. The van der Waals surface area contributed by atoms with E-state index in [9.17, 15) is 14.4 Å². The van der Waals surface area contributed by atoms with E-state index < -0.39 is 23.4 Å². The molecule has 1 aromatic heterocycles. The molecule has 0 saturated carbocycles. The Labute approximate surface area is 187 Å². The fourth-order valence-electron chi connectivity index (χ4n) is 3.78. The molecule has 1 atom stereocenters. The number of nitrogens with zero attached hydrogens (tertiary/aromatic N) is 1. The van der Waals surface area contributed by atoms with Gasteiger partial charge in [-0.1, -0.05) is 60.7 Å². The molecule has 3 aromatic rings. The molecular weight excluding hydrogens is 426 g/mol. The van der Waals surface area contributed by atoms with Crippen LogP contribution in [-0.2, 0) is 14.3 Å². The molecule has 4 N–H and O–H groups in total. The van der Waals surface area contributed by atoms with Crippen molar-refractivity contribution in [3.05, 3.63) is 96.9 Å². The zero-order valence-electron chi connectivity index (χ0n) is 17.3. The number of esters is 1. The van der Waals surface area contributed by atoms with E-state index in [0.717, 1.165) is 16.9 Å². The van der Waals surface area contributed by atoms with Crippen LogP contribution in [0.15, 0.2) is 71.0 Å². The number of fused-ring (bicyclic) bond motifs is 1. The summed E-state index contributed by atoms with van der Waals surface area (Å²) in [5, 5.41) is 0. The van der Waals surface area contributed by atoms with Crippen LogP contribution in [0.1, 0.15) is 24.0 Å². The maximum Gasteiger partial charge on any atom is 0.337 e. The summed E-state index contributed by atoms with van der Waals surface area (Å²) in [6.45, 7) is 1.82. The standard InChI is InChI=1S/C24H21N3O4S/c1-2-31-24(30)19-17(15-11-7-4-8-12-15)18(21(26)28)20(25)27-22(29)16(32-23(19)27)13-14-9-5-3-6-10-14/h3-13,17H,2,25H2,1H3,(H2,26,28). The lowest BCUT2D eigenvalue weighted by molar-refractivity contribution is -0.136. The maximum absolute atomic E-state index is 13.3. The number of aromatic nitrogens is 1. The summed E-state index contributed by atoms with van der Waals surface area (Å²) >= 11 is 1.13. The number of carbonyl (C=O) groups is 2. The van der Waals surface area contributed by atoms with Crippen molar-refractivity contribution in [2.24, 2.45) is 11.5 Å². The van der Waals surface area contributed by atoms with Crippen LogP contribution in [0.5, 0.6) is 0 Å². The minimum Gasteiger partial charge on any atom is -0.463 e. The highest BCUT2D eigenvalue weighted by Gasteiger charge is 2.38. The minimum absolute atomic E-state index is 0.0158. The molecule has 8 heteroatoms. The van der Waals surface area contributed by atoms with E-state index in [0.29, 0.717) is 14.8 Å². The molecule has 0 bridgehead atoms. The van der Waals surface area contributed by atoms with Gasteiger partial charge >= 0.3 is 5.97 Å². The molecule has 162 valence electrons. The predicted molar refractivity (Wildman–Crippen MR) is 124 cm³/mol. The monoisotopic (exact) mass is 447 g/mol. The zero-order chi connectivity index (χ0) is 22.8. The van der Waals surface area contributed by atoms with Gasteiger partial charge in [-0.05, 0) is 24.1 Å². The molecule has 32 heavy (non-hydrogen) atoms. The minimum atomic E-state index is -0.852. The van der Waals surface area contributed by atoms with E-state index in [1.165, 1.54) is 4.57 Å². The Hall–Kier alpha value is -3.91. The third kappa shape index (κ3) is 3.65. The molecule has 0 spiro atoms. The van der Waals surface area contributed by atoms with Crippen molar-refractivity contribution in [1.29, 1.82) is 0 Å². The smallest absolute Gasteiger partial charge is 0.337 e. The zero-order valence-corrected chi connectivity index (χ0v) is 18.1. The number of hydrogen-bond donors (Lipinski definition) is 2. The second kappa shape index (κ2) is 8.68. The average Bonchev–Trinajstić information content (AvgIpc) is 3.10. The molecule has 1 amide bonds. The highest BCUT2D eigenvalue weighted by Crippen LogP contribution is 2.36. The van der Waals surface area contributed by atoms with E-state index in [4.69, 9.17) is 16.2 Å². The van der Waals surface area contributed by atoms with E-state index in [-0.39, 0.29) is 23.6 Å². The number of rotatable bonds is 5. The van der Waals surface area contributed by atoms with Crippen LogP contribution in [0.3, 0.4) is 0 Å². The molecule has 1 aliphatic rings. The topological polar surface area (TPSA) is 117 Å². The number of benzene rings is 2. The summed E-state index contributed by atoms with van der Waals surface area (Å²) in [6, 6.07) is 18.3. The number of carbonyl (C=O) groups excluding carboxylic acids is 2. The van der Waals surface area contributed by atoms with Gasteiger partial charge in [-0.15, -0.1) is 11.3 Å². The number of thiazole rings is 1. The summed E-state index contributed by atoms with van der Waals surface area (Å²) in [5.74, 6) is -2.37. The van der Waals surface area contributed by atoms with Gasteiger partial charge in [0.15, 0.2) is 0 Å². The second-order valence-electron chi connectivity index (χ2n) is 7.11. The fraction of sp³-hybridized carbons (Fsp3) is 0.125. The van der Waals surface area contributed by atoms with Gasteiger partial charge in [0.1, 0.15) is 10.5 Å². The first kappa shape index (κ1) is 21.3. The highest BCUT2D eigenvalue weighted by molar-refractivity contribution is 7.07. The predicted octanol–water partition coefficient (Wildman–Crippen LogP) is 0.862. The molecule has 2 aromatic carbocycles. The van der Waals surface area contributed by atoms with E-state index >= 15 is 0 Å². The first-order valence-electron chi connectivity index (χ1n) is 9.98. The number of hydrogen-bond acceptors (Lipinski definition) is 6. The number of ether oxygens (including phenoxy) is 1. The van der Waals surface area contributed by atoms with Gasteiger partial charge in [0.2, 0.25) is 5.91 Å². The lowest BCUT2D eigenvalue weighted by atomic mass is 9.83. The van der Waals surface area contributed by atoms with Gasteiger partial charge in [-0.2, -0.15) is 0 Å². The van der Waals surface area contributed by atoms with Crippen molar-refractivity contribution in [2.45, 2.75) is 12.8 Å². The van der Waals surface area contributed by atoms with Crippen molar-refractivity contribution >= 4 is 40.7 Å². The molecule has 1 unspecified atom stereocenters. The molecule has 7 nitrogen and oxygen atoms in total. The van der Waals surface area contributed by atoms with Crippen molar-refractivity contribution < 1.29 is 14.3 Å². The van der Waals surface area contributed by atoms with Crippen LogP contribution in [0.4, 0.5) is 0 Å². The normalized spacial score (nSPS) is 16.1. The van der Waals surface area contributed by atoms with Crippen LogP contribution in [0.25, 0.3) is 17.5 Å². The van der Waals surface area contributed by atoms with Crippen LogP contribution in [0, 0.1) is 0 Å². The molecule has 2 heterocycles. The van der Waals surface area contributed by atoms with Crippen molar-refractivity contribution in [3.8, 4) is 0 Å². The Bertz CT molecular complexity index is 1400. The van der Waals surface area contributed by atoms with Gasteiger partial charge < -0.3 is 16.2 Å². The first-order valence-corrected chi connectivity index (χ1v) is 10.8. The summed E-state index contributed by atoms with van der Waals surface area (Å²) in [5.41, 5.74) is 13.2. The van der Waals surface area contributed by atoms with Gasteiger partial charge in [0, 0.05) is 0 Å². The highest BCUT2D eigenvalue weighted by atomic mass is 32.1. The fourth-order valence-corrected chi connectivity index (χ4v) is 4.95. The Balaban J connectivity index is 2.13. The van der Waals surface area contributed by atoms with Crippen LogP contribution in [-0.4, -0.2) is 23.1 Å². The van der Waals surface area contributed by atoms with Gasteiger partial charge in [0.05, 0.1) is 28.2 Å². The quantitative estimate of drug-likeness (QED) is 0.563. The number of amides is 1. The number of primary amides is 1. The van der Waals surface area contributed by atoms with Crippen molar-refractivity contribution in [2.75, 3.05) is 6.61 Å². The average molecular weight is 448 g/mol. The van der Waals surface area contributed by atoms with E-state index in [1.807, 2.05) is 36.4 Å². The lowest BCUT2D eigenvalue weighted by Crippen LogP contribution is -2.42. The Morgan fingerprint density at radius 2 is 1.69 bits per heavy atom. The largest absolute Gasteiger partial charge is 0.463 e. The third-order valence-corrected chi connectivity index (χ3v) is 6.25. The first-order chi connectivity index (χ1) is 15.4. The van der Waals surface area contributed by atoms with Crippen molar-refractivity contribution in [1.82, 2.24) is 4.57 Å². The summed E-state index contributed by atoms with van der Waals surface area (Å²) < 4.78 is 7.19. The molecule has 0 radical (unpaired) electrons. The number of nitrogens with two attached hydrogens (primary N) is 2. The van der Waals surface area contributed by atoms with E-state index in [2.05, 4.69) is 0 Å². The Morgan fingerprint density at radius 3 is 2.28 bits per heavy atom. The molecule has 0 aliphatic carbocycles. The van der Waals surface area contributed by atoms with Gasteiger partial charge in [0.25, 0.3) is 5.56 Å². The third-order valence-electron chi connectivity index (χ3n) is 5.14. The molecule has 4 rings (SSSR count). The summed E-state index contributed by atoms with van der Waals surface area (Å²) in [4.78, 5) is 38.9. The van der Waals surface area contributed by atoms with Gasteiger partial charge in [-0.3, -0.25) is 14.2 Å². The molecule has 1 aliphatic heterocycles. The summed E-state index contributed by atoms with van der Waals surface area (Å²) in [7, 11) is 0. The summed E-state index contributed by atoms with van der Waals surface area (Å²) in [6.07, 6.45) is 1.72. The Kier molecular flexibility index (Phi) is 5.79. The van der Waals surface area contributed by atoms with Crippen LogP contribution >= 0.6 is 11.3 Å². The van der Waals surface area contributed by atoms with Crippen LogP contribution < -0.4 is 26.2 Å². The molecule has 0 fully saturated rings. The molecule has 0 saturated heterocycles. The van der Waals surface area contributed by atoms with Crippen LogP contribution in [0.2, 0.25) is 0 Å². The van der Waals surface area contributed by atoms with Crippen molar-refractivity contribution in [3.63, 3.8) is 0 Å². The second-order valence-corrected chi connectivity index (χ2v) is 8.14. The molecular formula is C24H21N3O4S. The lowest BCUT2D eigenvalue weighted by Gasteiger charge is -2.26. The van der Waals surface area contributed by atoms with E-state index in [1.54, 1.807) is 37.3 Å².